The molecule has 1 N–H and O–H groups in total. The van der Waals surface area contributed by atoms with Crippen molar-refractivity contribution in [2.24, 2.45) is 0 Å². The number of nitrogens with one attached hydrogen (secondary N) is 1. The third kappa shape index (κ3) is 4.25. The number of sulfonamides is 1. The lowest BCUT2D eigenvalue weighted by Crippen LogP contribution is -2.15. The molecule has 5 nitrogen and oxygen atoms in total. The first kappa shape index (κ1) is 15.9. The zero-order valence-corrected chi connectivity index (χ0v) is 14.0. The molecule has 0 unspecified atom stereocenters. The van der Waals surface area contributed by atoms with Crippen molar-refractivity contribution in [2.75, 3.05) is 4.72 Å². The quantitative estimate of drug-likeness (QED) is 0.885. The van der Waals surface area contributed by atoms with Crippen molar-refractivity contribution < 1.29 is 8.42 Å². The zero-order valence-electron chi connectivity index (χ0n) is 12.3. The first-order valence-corrected chi connectivity index (χ1v) is 9.18. The molecule has 1 aromatic heterocycles. The van der Waals surface area contributed by atoms with Crippen molar-refractivity contribution >= 4 is 26.5 Å². The normalized spacial score (nSPS) is 12.3. The summed E-state index contributed by atoms with van der Waals surface area (Å²) in [5.41, 5.74) is 0.643. The van der Waals surface area contributed by atoms with Gasteiger partial charge in [-0.15, -0.1) is 10.2 Å². The Morgan fingerprint density at radius 3 is 2.48 bits per heavy atom. The summed E-state index contributed by atoms with van der Waals surface area (Å²) in [6, 6.07) is 9.05. The monoisotopic (exact) mass is 325 g/mol. The molecule has 0 saturated heterocycles. The van der Waals surface area contributed by atoms with Crippen LogP contribution in [0, 0.1) is 0 Å². The van der Waals surface area contributed by atoms with Crippen LogP contribution in [-0.2, 0) is 21.2 Å². The van der Waals surface area contributed by atoms with Crippen LogP contribution < -0.4 is 4.72 Å². The molecule has 1 aromatic carbocycles. The molecule has 0 aliphatic rings. The minimum absolute atomic E-state index is 0.0695. The van der Waals surface area contributed by atoms with E-state index < -0.39 is 10.0 Å². The van der Waals surface area contributed by atoms with Crippen LogP contribution >= 0.6 is 11.3 Å². The Balaban J connectivity index is 2.11. The molecule has 0 radical (unpaired) electrons. The molecule has 0 aliphatic carbocycles. The van der Waals surface area contributed by atoms with Crippen LogP contribution in [0.15, 0.2) is 30.3 Å². The predicted molar refractivity (Wildman–Crippen MR) is 85.9 cm³/mol. The minimum Gasteiger partial charge on any atom is -0.257 e. The molecule has 0 saturated carbocycles. The maximum atomic E-state index is 12.1. The molecular formula is C14H19N3O2S2. The van der Waals surface area contributed by atoms with Crippen LogP contribution in [0.5, 0.6) is 0 Å². The molecule has 0 spiro atoms. The molecular weight excluding hydrogens is 306 g/mol. The highest BCUT2D eigenvalue weighted by atomic mass is 32.2. The zero-order chi connectivity index (χ0) is 15.5. The third-order valence-corrected chi connectivity index (χ3v) is 5.88. The molecule has 2 rings (SSSR count). The van der Waals surface area contributed by atoms with Gasteiger partial charge in [0.15, 0.2) is 0 Å². The first-order valence-electron chi connectivity index (χ1n) is 6.71. The Morgan fingerprint density at radius 1 is 1.19 bits per heavy atom. The number of hydrogen-bond acceptors (Lipinski definition) is 5. The Bertz CT molecular complexity index is 694. The van der Waals surface area contributed by atoms with Crippen molar-refractivity contribution in [1.29, 1.82) is 0 Å². The van der Waals surface area contributed by atoms with Crippen molar-refractivity contribution in [2.45, 2.75) is 38.4 Å². The van der Waals surface area contributed by atoms with Gasteiger partial charge in [0, 0.05) is 5.41 Å². The van der Waals surface area contributed by atoms with E-state index in [4.69, 9.17) is 0 Å². The van der Waals surface area contributed by atoms with Crippen LogP contribution in [0.4, 0.5) is 5.13 Å². The highest BCUT2D eigenvalue weighted by molar-refractivity contribution is 7.92. The molecule has 0 aliphatic heterocycles. The molecule has 21 heavy (non-hydrogen) atoms. The summed E-state index contributed by atoms with van der Waals surface area (Å²) in [5.74, 6) is -0.0695. The molecule has 114 valence electrons. The molecule has 2 aromatic rings. The van der Waals surface area contributed by atoms with E-state index in [1.807, 2.05) is 18.2 Å². The van der Waals surface area contributed by atoms with Crippen LogP contribution in [0.3, 0.4) is 0 Å². The Kier molecular flexibility index (Phi) is 4.63. The van der Waals surface area contributed by atoms with E-state index in [0.717, 1.165) is 17.0 Å². The van der Waals surface area contributed by atoms with Gasteiger partial charge in [0.05, 0.1) is 5.75 Å². The summed E-state index contributed by atoms with van der Waals surface area (Å²) < 4.78 is 26.8. The molecule has 0 amide bonds. The fraction of sp³-hybridized carbons (Fsp3) is 0.429. The van der Waals surface area contributed by atoms with Crippen LogP contribution in [0.25, 0.3) is 0 Å². The molecule has 0 bridgehead atoms. The smallest absolute Gasteiger partial charge is 0.238 e. The lowest BCUT2D eigenvalue weighted by molar-refractivity contribution is 0.498. The second-order valence-electron chi connectivity index (χ2n) is 5.50. The minimum atomic E-state index is -3.47. The van der Waals surface area contributed by atoms with Crippen molar-refractivity contribution in [1.82, 2.24) is 10.2 Å². The SMILES string of the molecule is CCC(C)(C)c1nnc(NS(=O)(=O)Cc2ccccc2)s1. The highest BCUT2D eigenvalue weighted by Crippen LogP contribution is 2.31. The molecule has 0 fully saturated rings. The van der Waals surface area contributed by atoms with Gasteiger partial charge in [-0.1, -0.05) is 62.4 Å². The van der Waals surface area contributed by atoms with Gasteiger partial charge in [-0.3, -0.25) is 4.72 Å². The third-order valence-electron chi connectivity index (χ3n) is 3.33. The number of benzene rings is 1. The van der Waals surface area contributed by atoms with Gasteiger partial charge in [0.1, 0.15) is 5.01 Å². The van der Waals surface area contributed by atoms with Crippen LogP contribution in [0.1, 0.15) is 37.8 Å². The number of aromatic nitrogens is 2. The molecule has 0 atom stereocenters. The largest absolute Gasteiger partial charge is 0.257 e. The van der Waals surface area contributed by atoms with Gasteiger partial charge < -0.3 is 0 Å². The van der Waals surface area contributed by atoms with E-state index in [9.17, 15) is 8.42 Å². The van der Waals surface area contributed by atoms with Crippen LogP contribution in [-0.4, -0.2) is 18.6 Å². The maximum absolute atomic E-state index is 12.1. The van der Waals surface area contributed by atoms with Gasteiger partial charge in [-0.2, -0.15) is 0 Å². The standard InChI is InChI=1S/C14H19N3O2S2/c1-4-14(2,3)12-15-16-13(20-12)17-21(18,19)10-11-8-6-5-7-9-11/h5-9H,4,10H2,1-3H3,(H,16,17). The van der Waals surface area contributed by atoms with Crippen molar-refractivity contribution in [3.8, 4) is 0 Å². The van der Waals surface area contributed by atoms with E-state index in [-0.39, 0.29) is 11.2 Å². The van der Waals surface area contributed by atoms with Crippen LogP contribution in [0.2, 0.25) is 0 Å². The summed E-state index contributed by atoms with van der Waals surface area (Å²) in [5, 5.41) is 9.18. The van der Waals surface area contributed by atoms with Crippen molar-refractivity contribution in [3.63, 3.8) is 0 Å². The van der Waals surface area contributed by atoms with Gasteiger partial charge in [0.2, 0.25) is 15.2 Å². The Morgan fingerprint density at radius 2 is 1.86 bits per heavy atom. The number of rotatable bonds is 6. The summed E-state index contributed by atoms with van der Waals surface area (Å²) in [4.78, 5) is 0. The lowest BCUT2D eigenvalue weighted by Gasteiger charge is -2.17. The van der Waals surface area contributed by atoms with E-state index in [1.165, 1.54) is 11.3 Å². The van der Waals surface area contributed by atoms with Gasteiger partial charge >= 0.3 is 0 Å². The summed E-state index contributed by atoms with van der Waals surface area (Å²) in [7, 11) is -3.47. The predicted octanol–water partition coefficient (Wildman–Crippen LogP) is 3.17. The second kappa shape index (κ2) is 6.11. The Hall–Kier alpha value is -1.47. The molecule has 7 heteroatoms. The lowest BCUT2D eigenvalue weighted by atomic mass is 9.91. The fourth-order valence-corrected chi connectivity index (χ4v) is 3.98. The number of hydrogen-bond donors (Lipinski definition) is 1. The average molecular weight is 325 g/mol. The topological polar surface area (TPSA) is 72.0 Å². The summed E-state index contributed by atoms with van der Waals surface area (Å²) >= 11 is 1.29. The van der Waals surface area contributed by atoms with E-state index in [0.29, 0.717) is 5.13 Å². The van der Waals surface area contributed by atoms with Crippen molar-refractivity contribution in [3.05, 3.63) is 40.9 Å². The fourth-order valence-electron chi connectivity index (χ4n) is 1.65. The first-order chi connectivity index (χ1) is 9.82. The van der Waals surface area contributed by atoms with E-state index in [2.05, 4.69) is 35.7 Å². The van der Waals surface area contributed by atoms with Gasteiger partial charge in [0.25, 0.3) is 0 Å². The Labute approximate surface area is 129 Å². The average Bonchev–Trinajstić information content (AvgIpc) is 2.87. The second-order valence-corrected chi connectivity index (χ2v) is 8.20. The summed E-state index contributed by atoms with van der Waals surface area (Å²) in [6.45, 7) is 6.20. The van der Waals surface area contributed by atoms with E-state index >= 15 is 0 Å². The number of anilines is 1. The maximum Gasteiger partial charge on any atom is 0.238 e. The highest BCUT2D eigenvalue weighted by Gasteiger charge is 2.24. The van der Waals surface area contributed by atoms with E-state index in [1.54, 1.807) is 12.1 Å². The number of nitrogens with zero attached hydrogens (tertiary/aromatic N) is 2. The summed E-state index contributed by atoms with van der Waals surface area (Å²) in [6.07, 6.45) is 0.915. The molecule has 1 heterocycles. The van der Waals surface area contributed by atoms with Gasteiger partial charge in [-0.05, 0) is 12.0 Å². The van der Waals surface area contributed by atoms with Gasteiger partial charge in [-0.25, -0.2) is 8.42 Å².